The van der Waals surface area contributed by atoms with Crippen molar-refractivity contribution in [3.63, 3.8) is 0 Å². The fourth-order valence-corrected chi connectivity index (χ4v) is 3.62. The van der Waals surface area contributed by atoms with Gasteiger partial charge in [-0.25, -0.2) is 17.9 Å². The highest BCUT2D eigenvalue weighted by Gasteiger charge is 2.24. The Morgan fingerprint density at radius 2 is 1.91 bits per heavy atom. The molecule has 6 nitrogen and oxygen atoms in total. The Balaban J connectivity index is 1.86. The monoisotopic (exact) mass is 346 g/mol. The molecule has 1 amide bonds. The van der Waals surface area contributed by atoms with E-state index in [1.807, 2.05) is 0 Å². The van der Waals surface area contributed by atoms with Crippen LogP contribution in [0.15, 0.2) is 29.2 Å². The van der Waals surface area contributed by atoms with Crippen LogP contribution in [-0.2, 0) is 14.8 Å². The van der Waals surface area contributed by atoms with E-state index in [2.05, 4.69) is 9.46 Å². The molecular weight excluding hydrogens is 328 g/mol. The number of sulfonamides is 1. The largest absolute Gasteiger partial charge is 0.453 e. The molecule has 1 aliphatic heterocycles. The van der Waals surface area contributed by atoms with Gasteiger partial charge in [-0.05, 0) is 43.0 Å². The Morgan fingerprint density at radius 3 is 2.45 bits per heavy atom. The van der Waals surface area contributed by atoms with Gasteiger partial charge in [-0.15, -0.1) is 0 Å². The van der Waals surface area contributed by atoms with Gasteiger partial charge >= 0.3 is 6.09 Å². The lowest BCUT2D eigenvalue weighted by molar-refractivity contribution is 0.106. The van der Waals surface area contributed by atoms with E-state index in [1.165, 1.54) is 19.2 Å². The zero-order valence-electron chi connectivity index (χ0n) is 12.3. The molecule has 22 heavy (non-hydrogen) atoms. The second-order valence-corrected chi connectivity index (χ2v) is 7.41. The number of piperidine rings is 1. The molecule has 122 valence electrons. The minimum Gasteiger partial charge on any atom is -0.453 e. The quantitative estimate of drug-likeness (QED) is 0.905. The molecule has 1 aromatic rings. The summed E-state index contributed by atoms with van der Waals surface area (Å²) in [7, 11) is -2.17. The lowest BCUT2D eigenvalue weighted by Crippen LogP contribution is -2.41. The van der Waals surface area contributed by atoms with E-state index in [0.717, 1.165) is 12.8 Å². The minimum atomic E-state index is -3.52. The number of benzene rings is 1. The van der Waals surface area contributed by atoms with Crippen LogP contribution in [0.4, 0.5) is 4.79 Å². The fourth-order valence-electron chi connectivity index (χ4n) is 2.37. The first-order chi connectivity index (χ1) is 10.4. The Morgan fingerprint density at radius 1 is 1.32 bits per heavy atom. The second-order valence-electron chi connectivity index (χ2n) is 5.21. The van der Waals surface area contributed by atoms with Gasteiger partial charge in [0.25, 0.3) is 0 Å². The van der Waals surface area contributed by atoms with Gasteiger partial charge in [-0.1, -0.05) is 11.6 Å². The first kappa shape index (κ1) is 17.1. The molecule has 0 aliphatic carbocycles. The molecule has 0 atom stereocenters. The van der Waals surface area contributed by atoms with Crippen LogP contribution >= 0.6 is 11.6 Å². The van der Waals surface area contributed by atoms with Crippen LogP contribution in [0.1, 0.15) is 12.8 Å². The van der Waals surface area contributed by atoms with Crippen LogP contribution < -0.4 is 4.72 Å². The lowest BCUT2D eigenvalue weighted by Gasteiger charge is -2.30. The first-order valence-corrected chi connectivity index (χ1v) is 8.86. The zero-order valence-corrected chi connectivity index (χ0v) is 13.9. The van der Waals surface area contributed by atoms with E-state index in [1.54, 1.807) is 17.0 Å². The number of amides is 1. The Labute approximate surface area is 135 Å². The third-order valence-electron chi connectivity index (χ3n) is 3.73. The maximum Gasteiger partial charge on any atom is 0.409 e. The summed E-state index contributed by atoms with van der Waals surface area (Å²) in [5, 5.41) is 0.495. The number of nitrogens with one attached hydrogen (secondary N) is 1. The summed E-state index contributed by atoms with van der Waals surface area (Å²) in [4.78, 5) is 13.2. The van der Waals surface area contributed by atoms with Crippen molar-refractivity contribution in [3.05, 3.63) is 29.3 Å². The summed E-state index contributed by atoms with van der Waals surface area (Å²) in [6.07, 6.45) is 1.16. The van der Waals surface area contributed by atoms with Crippen molar-refractivity contribution in [1.29, 1.82) is 0 Å². The maximum absolute atomic E-state index is 12.2. The minimum absolute atomic E-state index is 0.198. The van der Waals surface area contributed by atoms with Crippen molar-refractivity contribution in [2.24, 2.45) is 5.92 Å². The van der Waals surface area contributed by atoms with Gasteiger partial charge in [0, 0.05) is 24.7 Å². The SMILES string of the molecule is COC(=O)N1CCC(CNS(=O)(=O)c2ccc(Cl)cc2)CC1. The molecule has 0 aromatic heterocycles. The van der Waals surface area contributed by atoms with Gasteiger partial charge in [0.05, 0.1) is 12.0 Å². The molecule has 1 fully saturated rings. The smallest absolute Gasteiger partial charge is 0.409 e. The van der Waals surface area contributed by atoms with Crippen molar-refractivity contribution < 1.29 is 17.9 Å². The summed E-state index contributed by atoms with van der Waals surface area (Å²) >= 11 is 5.75. The van der Waals surface area contributed by atoms with Crippen LogP contribution in [0.3, 0.4) is 0 Å². The number of hydrogen-bond donors (Lipinski definition) is 1. The van der Waals surface area contributed by atoms with E-state index in [4.69, 9.17) is 11.6 Å². The van der Waals surface area contributed by atoms with Crippen molar-refractivity contribution in [2.45, 2.75) is 17.7 Å². The van der Waals surface area contributed by atoms with E-state index < -0.39 is 10.0 Å². The van der Waals surface area contributed by atoms with E-state index in [9.17, 15) is 13.2 Å². The van der Waals surface area contributed by atoms with Crippen LogP contribution in [0.25, 0.3) is 0 Å². The summed E-state index contributed by atoms with van der Waals surface area (Å²) in [5.41, 5.74) is 0. The molecule has 1 aliphatic rings. The van der Waals surface area contributed by atoms with Crippen molar-refractivity contribution in [2.75, 3.05) is 26.7 Å². The van der Waals surface area contributed by atoms with E-state index >= 15 is 0 Å². The van der Waals surface area contributed by atoms with Gasteiger partial charge < -0.3 is 9.64 Å². The van der Waals surface area contributed by atoms with Crippen LogP contribution in [0.5, 0.6) is 0 Å². The first-order valence-electron chi connectivity index (χ1n) is 7.00. The number of carbonyl (C=O) groups is 1. The third-order valence-corrected chi connectivity index (χ3v) is 5.42. The van der Waals surface area contributed by atoms with Crippen molar-refractivity contribution >= 4 is 27.7 Å². The van der Waals surface area contributed by atoms with Gasteiger partial charge in [0.2, 0.25) is 10.0 Å². The molecule has 0 bridgehead atoms. The summed E-state index contributed by atoms with van der Waals surface area (Å²) < 4.78 is 31.6. The molecule has 1 N–H and O–H groups in total. The fraction of sp³-hybridized carbons (Fsp3) is 0.500. The molecule has 0 saturated carbocycles. The summed E-state index contributed by atoms with van der Waals surface area (Å²) in [5.74, 6) is 0.211. The molecule has 8 heteroatoms. The maximum atomic E-state index is 12.2. The average Bonchev–Trinajstić information content (AvgIpc) is 2.53. The Kier molecular flexibility index (Phi) is 5.66. The third kappa shape index (κ3) is 4.34. The second kappa shape index (κ2) is 7.30. The number of methoxy groups -OCH3 is 1. The molecular formula is C14H19ClN2O4S. The van der Waals surface area contributed by atoms with Crippen molar-refractivity contribution in [3.8, 4) is 0 Å². The van der Waals surface area contributed by atoms with Gasteiger partial charge in [0.15, 0.2) is 0 Å². The average molecular weight is 347 g/mol. The van der Waals surface area contributed by atoms with Gasteiger partial charge in [-0.2, -0.15) is 0 Å². The highest BCUT2D eigenvalue weighted by Crippen LogP contribution is 2.19. The van der Waals surface area contributed by atoms with Crippen molar-refractivity contribution in [1.82, 2.24) is 9.62 Å². The Bertz CT molecular complexity index is 610. The number of rotatable bonds is 4. The number of halogens is 1. The van der Waals surface area contributed by atoms with E-state index in [0.29, 0.717) is 24.7 Å². The zero-order chi connectivity index (χ0) is 16.2. The highest BCUT2D eigenvalue weighted by atomic mass is 35.5. The number of carbonyl (C=O) groups excluding carboxylic acids is 1. The molecule has 0 spiro atoms. The topological polar surface area (TPSA) is 75.7 Å². The van der Waals surface area contributed by atoms with Crippen LogP contribution in [0.2, 0.25) is 5.02 Å². The molecule has 0 unspecified atom stereocenters. The predicted octanol–water partition coefficient (Wildman–Crippen LogP) is 2.10. The van der Waals surface area contributed by atoms with Gasteiger partial charge in [0.1, 0.15) is 0 Å². The van der Waals surface area contributed by atoms with Gasteiger partial charge in [-0.3, -0.25) is 0 Å². The molecule has 1 aromatic carbocycles. The molecule has 2 rings (SSSR count). The number of hydrogen-bond acceptors (Lipinski definition) is 4. The molecule has 1 heterocycles. The Hall–Kier alpha value is -1.31. The predicted molar refractivity (Wildman–Crippen MR) is 83.3 cm³/mol. The summed E-state index contributed by atoms with van der Waals surface area (Å²) in [6, 6.07) is 6.05. The summed E-state index contributed by atoms with van der Waals surface area (Å²) in [6.45, 7) is 1.53. The standard InChI is InChI=1S/C14H19ClN2O4S/c1-21-14(18)17-8-6-11(7-9-17)10-16-22(19,20)13-4-2-12(15)3-5-13/h2-5,11,16H,6-10H2,1H3. The molecule has 0 radical (unpaired) electrons. The molecule has 1 saturated heterocycles. The highest BCUT2D eigenvalue weighted by molar-refractivity contribution is 7.89. The number of likely N-dealkylation sites (tertiary alicyclic amines) is 1. The van der Waals surface area contributed by atoms with E-state index in [-0.39, 0.29) is 16.9 Å². The normalized spacial score (nSPS) is 16.5. The van der Waals surface area contributed by atoms with Crippen LogP contribution in [-0.4, -0.2) is 46.2 Å². The number of nitrogens with zero attached hydrogens (tertiary/aromatic N) is 1. The lowest BCUT2D eigenvalue weighted by atomic mass is 9.97. The number of ether oxygens (including phenoxy) is 1. The van der Waals surface area contributed by atoms with Crippen LogP contribution in [0, 0.1) is 5.92 Å².